The maximum atomic E-state index is 13.2. The fourth-order valence-electron chi connectivity index (χ4n) is 3.90. The summed E-state index contributed by atoms with van der Waals surface area (Å²) in [5.41, 5.74) is -0.717. The Bertz CT molecular complexity index is 1130. The molecular formula is C23H29N3O6S. The summed E-state index contributed by atoms with van der Waals surface area (Å²) >= 11 is 0. The molecule has 0 spiro atoms. The smallest absolute Gasteiger partial charge is 0.331 e. The van der Waals surface area contributed by atoms with Crippen LogP contribution in [-0.2, 0) is 29.7 Å². The van der Waals surface area contributed by atoms with Crippen molar-refractivity contribution >= 4 is 27.5 Å². The Hall–Kier alpha value is -2.72. The van der Waals surface area contributed by atoms with Crippen molar-refractivity contribution in [2.75, 3.05) is 5.32 Å². The molecule has 0 radical (unpaired) electrons. The van der Waals surface area contributed by atoms with Gasteiger partial charge in [-0.3, -0.25) is 9.48 Å². The molecule has 178 valence electrons. The van der Waals surface area contributed by atoms with Crippen LogP contribution in [0.2, 0.25) is 0 Å². The number of benzene rings is 1. The molecule has 10 heteroatoms. The topological polar surface area (TPSA) is 128 Å². The summed E-state index contributed by atoms with van der Waals surface area (Å²) in [5.74, 6) is -1.28. The summed E-state index contributed by atoms with van der Waals surface area (Å²) in [5, 5.41) is 16.0. The molecule has 1 aromatic carbocycles. The van der Waals surface area contributed by atoms with Gasteiger partial charge in [0.1, 0.15) is 0 Å². The zero-order valence-electron chi connectivity index (χ0n) is 18.7. The molecule has 0 aliphatic heterocycles. The molecule has 1 unspecified atom stereocenters. The first-order valence-electron chi connectivity index (χ1n) is 11.2. The Kier molecular flexibility index (Phi) is 6.32. The van der Waals surface area contributed by atoms with Crippen LogP contribution in [0.15, 0.2) is 41.4 Å². The Morgan fingerprint density at radius 2 is 1.76 bits per heavy atom. The third-order valence-corrected chi connectivity index (χ3v) is 8.56. The van der Waals surface area contributed by atoms with Gasteiger partial charge in [0.25, 0.3) is 5.91 Å². The normalized spacial score (nSPS) is 18.2. The highest BCUT2D eigenvalue weighted by Gasteiger charge is 2.37. The van der Waals surface area contributed by atoms with Gasteiger partial charge >= 0.3 is 5.97 Å². The van der Waals surface area contributed by atoms with Crippen molar-refractivity contribution in [2.24, 2.45) is 0 Å². The lowest BCUT2D eigenvalue weighted by molar-refractivity contribution is -0.146. The fraction of sp³-hybridized carbons (Fsp3) is 0.522. The van der Waals surface area contributed by atoms with Crippen LogP contribution in [0.5, 0.6) is 0 Å². The molecule has 1 atom stereocenters. The van der Waals surface area contributed by atoms with E-state index < -0.39 is 33.4 Å². The number of carboxylic acid groups (broad SMARTS) is 1. The van der Waals surface area contributed by atoms with E-state index in [4.69, 9.17) is 4.74 Å². The third-order valence-electron chi connectivity index (χ3n) is 6.28. The van der Waals surface area contributed by atoms with Crippen LogP contribution in [-0.4, -0.2) is 46.5 Å². The van der Waals surface area contributed by atoms with E-state index in [9.17, 15) is 23.1 Å². The fourth-order valence-corrected chi connectivity index (χ4v) is 5.56. The molecule has 33 heavy (non-hydrogen) atoms. The molecule has 1 amide bonds. The van der Waals surface area contributed by atoms with Gasteiger partial charge in [-0.15, -0.1) is 0 Å². The molecule has 0 saturated heterocycles. The minimum atomic E-state index is -3.32. The lowest BCUT2D eigenvalue weighted by Crippen LogP contribution is -2.36. The van der Waals surface area contributed by atoms with Crippen molar-refractivity contribution < 1.29 is 27.9 Å². The standard InChI is InChI=1S/C23H29N3O6S/c1-23(2,22(28)29)26-14-13-19(25-26)24-21(27)20(32-16-5-3-4-6-16)15-7-9-17(10-8-15)33(30,31)18-11-12-18/h7-10,13-14,16,18,20H,3-6,11-12H2,1-2H3,(H,28,29)(H,24,25,27). The first-order chi connectivity index (χ1) is 15.6. The van der Waals surface area contributed by atoms with Crippen LogP contribution in [0.25, 0.3) is 0 Å². The number of rotatable bonds is 9. The third kappa shape index (κ3) is 4.96. The van der Waals surface area contributed by atoms with Crippen LogP contribution in [0, 0.1) is 0 Å². The first kappa shape index (κ1) is 23.4. The minimum absolute atomic E-state index is 0.0564. The van der Waals surface area contributed by atoms with Gasteiger partial charge in [-0.2, -0.15) is 5.10 Å². The van der Waals surface area contributed by atoms with Crippen molar-refractivity contribution in [2.45, 2.75) is 80.3 Å². The van der Waals surface area contributed by atoms with Crippen LogP contribution < -0.4 is 5.32 Å². The molecule has 4 rings (SSSR count). The Labute approximate surface area is 193 Å². The molecule has 2 aliphatic carbocycles. The number of amides is 1. The van der Waals surface area contributed by atoms with Crippen molar-refractivity contribution in [3.63, 3.8) is 0 Å². The van der Waals surface area contributed by atoms with Crippen LogP contribution in [0.4, 0.5) is 5.82 Å². The van der Waals surface area contributed by atoms with Crippen LogP contribution in [0.1, 0.15) is 64.0 Å². The summed E-state index contributed by atoms with van der Waals surface area (Å²) in [7, 11) is -3.32. The average molecular weight is 476 g/mol. The Balaban J connectivity index is 1.55. The van der Waals surface area contributed by atoms with Gasteiger partial charge in [-0.05, 0) is 57.2 Å². The number of sulfone groups is 1. The van der Waals surface area contributed by atoms with E-state index in [-0.39, 0.29) is 22.1 Å². The summed E-state index contributed by atoms with van der Waals surface area (Å²) in [6.07, 6.45) is 5.66. The van der Waals surface area contributed by atoms with Crippen LogP contribution >= 0.6 is 0 Å². The molecule has 2 saturated carbocycles. The number of hydrogen-bond donors (Lipinski definition) is 2. The predicted octanol–water partition coefficient (Wildman–Crippen LogP) is 3.28. The van der Waals surface area contributed by atoms with E-state index in [2.05, 4.69) is 10.4 Å². The lowest BCUT2D eigenvalue weighted by atomic mass is 10.1. The highest BCUT2D eigenvalue weighted by molar-refractivity contribution is 7.92. The van der Waals surface area contributed by atoms with E-state index in [0.29, 0.717) is 18.4 Å². The number of nitrogens with zero attached hydrogens (tertiary/aromatic N) is 2. The zero-order valence-corrected chi connectivity index (χ0v) is 19.5. The summed E-state index contributed by atoms with van der Waals surface area (Å²) in [6.45, 7) is 3.02. The number of nitrogens with one attached hydrogen (secondary N) is 1. The van der Waals surface area contributed by atoms with E-state index in [1.807, 2.05) is 0 Å². The summed E-state index contributed by atoms with van der Waals surface area (Å²) < 4.78 is 32.4. The number of aliphatic carboxylic acids is 1. The molecule has 2 aliphatic rings. The highest BCUT2D eigenvalue weighted by Crippen LogP contribution is 2.35. The van der Waals surface area contributed by atoms with E-state index in [1.165, 1.54) is 42.9 Å². The maximum absolute atomic E-state index is 13.2. The van der Waals surface area contributed by atoms with Gasteiger partial charge in [0.15, 0.2) is 27.3 Å². The molecule has 2 N–H and O–H groups in total. The number of carbonyl (C=O) groups is 2. The van der Waals surface area contributed by atoms with Gasteiger partial charge in [0.2, 0.25) is 0 Å². The Morgan fingerprint density at radius 1 is 1.12 bits per heavy atom. The molecular weight excluding hydrogens is 446 g/mol. The summed E-state index contributed by atoms with van der Waals surface area (Å²) in [6, 6.07) is 7.85. The number of carboxylic acids is 1. The summed E-state index contributed by atoms with van der Waals surface area (Å²) in [4.78, 5) is 24.9. The number of aromatic nitrogens is 2. The van der Waals surface area contributed by atoms with Gasteiger partial charge in [0.05, 0.1) is 16.2 Å². The first-order valence-corrected chi connectivity index (χ1v) is 12.7. The van der Waals surface area contributed by atoms with E-state index in [1.54, 1.807) is 12.1 Å². The second-order valence-electron chi connectivity index (χ2n) is 9.23. The number of carbonyl (C=O) groups excluding carboxylic acids is 1. The van der Waals surface area contributed by atoms with Gasteiger partial charge < -0.3 is 15.2 Å². The van der Waals surface area contributed by atoms with Crippen molar-refractivity contribution in [1.29, 1.82) is 0 Å². The predicted molar refractivity (Wildman–Crippen MR) is 121 cm³/mol. The molecule has 2 fully saturated rings. The second-order valence-corrected chi connectivity index (χ2v) is 11.5. The zero-order chi connectivity index (χ0) is 23.8. The van der Waals surface area contributed by atoms with Gasteiger partial charge in [0, 0.05) is 12.3 Å². The average Bonchev–Trinajstić information content (AvgIpc) is 3.32. The van der Waals surface area contributed by atoms with Gasteiger partial charge in [-0.25, -0.2) is 13.2 Å². The molecule has 0 bridgehead atoms. The SMILES string of the molecule is CC(C)(C(=O)O)n1ccc(NC(=O)C(OC2CCCC2)c2ccc(S(=O)(=O)C3CC3)cc2)n1. The molecule has 1 heterocycles. The second kappa shape index (κ2) is 8.90. The van der Waals surface area contributed by atoms with Crippen LogP contribution in [0.3, 0.4) is 0 Å². The maximum Gasteiger partial charge on any atom is 0.331 e. The van der Waals surface area contributed by atoms with E-state index >= 15 is 0 Å². The molecule has 9 nitrogen and oxygen atoms in total. The molecule has 2 aromatic rings. The van der Waals surface area contributed by atoms with E-state index in [0.717, 1.165) is 25.7 Å². The number of anilines is 1. The minimum Gasteiger partial charge on any atom is -0.479 e. The quantitative estimate of drug-likeness (QED) is 0.570. The largest absolute Gasteiger partial charge is 0.479 e. The van der Waals surface area contributed by atoms with Crippen molar-refractivity contribution in [3.8, 4) is 0 Å². The van der Waals surface area contributed by atoms with Crippen molar-refractivity contribution in [3.05, 3.63) is 42.1 Å². The molecule has 1 aromatic heterocycles. The lowest BCUT2D eigenvalue weighted by Gasteiger charge is -2.22. The number of ether oxygens (including phenoxy) is 1. The monoisotopic (exact) mass is 475 g/mol. The van der Waals surface area contributed by atoms with Gasteiger partial charge in [-0.1, -0.05) is 25.0 Å². The highest BCUT2D eigenvalue weighted by atomic mass is 32.2. The number of hydrogen-bond acceptors (Lipinski definition) is 6. The van der Waals surface area contributed by atoms with Crippen molar-refractivity contribution in [1.82, 2.24) is 9.78 Å². The Morgan fingerprint density at radius 3 is 2.33 bits per heavy atom.